The summed E-state index contributed by atoms with van der Waals surface area (Å²) in [7, 11) is -3.65. The lowest BCUT2D eigenvalue weighted by Crippen LogP contribution is -2.34. The van der Waals surface area contributed by atoms with Gasteiger partial charge in [0.1, 0.15) is 4.90 Å². The van der Waals surface area contributed by atoms with Gasteiger partial charge in [-0.2, -0.15) is 4.31 Å². The number of nitrogens with zero attached hydrogens (tertiary/aromatic N) is 1. The zero-order chi connectivity index (χ0) is 14.8. The van der Waals surface area contributed by atoms with Crippen LogP contribution in [0.3, 0.4) is 0 Å². The third-order valence-electron chi connectivity index (χ3n) is 2.63. The van der Waals surface area contributed by atoms with Crippen LogP contribution in [0.5, 0.6) is 0 Å². The predicted octanol–water partition coefficient (Wildman–Crippen LogP) is 3.24. The molecule has 0 aliphatic carbocycles. The highest BCUT2D eigenvalue weighted by atomic mass is 35.5. The second-order valence-electron chi connectivity index (χ2n) is 4.62. The van der Waals surface area contributed by atoms with Gasteiger partial charge in [0.05, 0.1) is 15.7 Å². The van der Waals surface area contributed by atoms with E-state index in [1.165, 1.54) is 16.4 Å². The minimum atomic E-state index is -3.65. The molecule has 1 aromatic rings. The van der Waals surface area contributed by atoms with Gasteiger partial charge in [0.15, 0.2) is 0 Å². The van der Waals surface area contributed by atoms with Crippen LogP contribution >= 0.6 is 23.2 Å². The number of nitrogen functional groups attached to an aromatic ring is 1. The van der Waals surface area contributed by atoms with E-state index in [0.29, 0.717) is 13.1 Å². The lowest BCUT2D eigenvalue weighted by Gasteiger charge is -2.23. The highest BCUT2D eigenvalue weighted by Gasteiger charge is 2.27. The third-order valence-corrected chi connectivity index (χ3v) is 5.46. The lowest BCUT2D eigenvalue weighted by molar-refractivity contribution is 0.381. The molecule has 0 saturated heterocycles. The van der Waals surface area contributed by atoms with Crippen LogP contribution in [0.2, 0.25) is 10.0 Å². The van der Waals surface area contributed by atoms with E-state index < -0.39 is 10.0 Å². The number of benzene rings is 1. The van der Waals surface area contributed by atoms with Gasteiger partial charge >= 0.3 is 0 Å². The van der Waals surface area contributed by atoms with E-state index in [2.05, 4.69) is 0 Å². The van der Waals surface area contributed by atoms with Crippen molar-refractivity contribution in [2.75, 3.05) is 18.8 Å². The Morgan fingerprint density at radius 1 is 1.32 bits per heavy atom. The predicted molar refractivity (Wildman–Crippen MR) is 80.1 cm³/mol. The van der Waals surface area contributed by atoms with E-state index in [1.807, 2.05) is 13.8 Å². The van der Waals surface area contributed by atoms with Gasteiger partial charge in [0.2, 0.25) is 10.0 Å². The Balaban J connectivity index is 3.30. The zero-order valence-electron chi connectivity index (χ0n) is 11.2. The van der Waals surface area contributed by atoms with Crippen LogP contribution in [0.15, 0.2) is 17.0 Å². The summed E-state index contributed by atoms with van der Waals surface area (Å²) in [5.74, 6) is 0.221. The first-order chi connectivity index (χ1) is 8.71. The summed E-state index contributed by atoms with van der Waals surface area (Å²) in [5, 5.41) is 0.227. The van der Waals surface area contributed by atoms with Gasteiger partial charge in [-0.3, -0.25) is 0 Å². The molecule has 0 radical (unpaired) electrons. The highest BCUT2D eigenvalue weighted by molar-refractivity contribution is 7.89. The monoisotopic (exact) mass is 324 g/mol. The topological polar surface area (TPSA) is 63.4 Å². The molecule has 19 heavy (non-hydrogen) atoms. The first kappa shape index (κ1) is 16.6. The first-order valence-electron chi connectivity index (χ1n) is 5.95. The fraction of sp³-hybridized carbons (Fsp3) is 0.500. The Morgan fingerprint density at radius 3 is 2.37 bits per heavy atom. The van der Waals surface area contributed by atoms with Crippen molar-refractivity contribution in [1.29, 1.82) is 0 Å². The standard InChI is InChI=1S/C12H18Cl2N2O2S/c1-4-16(7-8(2)3)19(17,18)10-6-5-9(13)12(15)11(10)14/h5-6,8H,4,7,15H2,1-3H3. The molecule has 0 bridgehead atoms. The average Bonchev–Trinajstić information content (AvgIpc) is 2.32. The molecule has 0 aliphatic heterocycles. The van der Waals surface area contributed by atoms with E-state index in [-0.39, 0.29) is 26.5 Å². The van der Waals surface area contributed by atoms with Crippen molar-refractivity contribution < 1.29 is 8.42 Å². The van der Waals surface area contributed by atoms with Crippen molar-refractivity contribution >= 4 is 38.9 Å². The van der Waals surface area contributed by atoms with Crippen LogP contribution < -0.4 is 5.73 Å². The van der Waals surface area contributed by atoms with Gasteiger partial charge in [0, 0.05) is 13.1 Å². The van der Waals surface area contributed by atoms with Crippen molar-refractivity contribution in [3.63, 3.8) is 0 Å². The molecule has 0 amide bonds. The van der Waals surface area contributed by atoms with E-state index in [9.17, 15) is 8.42 Å². The number of halogens is 2. The van der Waals surface area contributed by atoms with Crippen LogP contribution in [-0.2, 0) is 10.0 Å². The minimum absolute atomic E-state index is 0.00133. The Hall–Kier alpha value is -0.490. The highest BCUT2D eigenvalue weighted by Crippen LogP contribution is 2.34. The van der Waals surface area contributed by atoms with Crippen LogP contribution in [0.4, 0.5) is 5.69 Å². The Morgan fingerprint density at radius 2 is 1.89 bits per heavy atom. The maximum Gasteiger partial charge on any atom is 0.244 e. The number of rotatable bonds is 5. The fourth-order valence-corrected chi connectivity index (χ4v) is 4.04. The molecule has 0 atom stereocenters. The van der Waals surface area contributed by atoms with E-state index in [1.54, 1.807) is 6.92 Å². The summed E-state index contributed by atoms with van der Waals surface area (Å²) in [4.78, 5) is -0.00133. The van der Waals surface area contributed by atoms with Crippen molar-refractivity contribution in [2.45, 2.75) is 25.7 Å². The molecule has 0 fully saturated rings. The third kappa shape index (κ3) is 3.54. The SMILES string of the molecule is CCN(CC(C)C)S(=O)(=O)c1ccc(Cl)c(N)c1Cl. The zero-order valence-corrected chi connectivity index (χ0v) is 13.5. The summed E-state index contributed by atoms with van der Waals surface area (Å²) in [6.45, 7) is 6.50. The van der Waals surface area contributed by atoms with Crippen molar-refractivity contribution in [3.8, 4) is 0 Å². The smallest absolute Gasteiger partial charge is 0.244 e. The summed E-state index contributed by atoms with van der Waals surface area (Å²) in [6, 6.07) is 2.83. The maximum absolute atomic E-state index is 12.5. The van der Waals surface area contributed by atoms with E-state index in [4.69, 9.17) is 28.9 Å². The summed E-state index contributed by atoms with van der Waals surface area (Å²) < 4.78 is 26.4. The molecule has 0 aliphatic rings. The molecule has 0 aromatic heterocycles. The normalized spacial score (nSPS) is 12.4. The van der Waals surface area contributed by atoms with Gasteiger partial charge in [-0.05, 0) is 18.1 Å². The molecule has 4 nitrogen and oxygen atoms in total. The van der Waals surface area contributed by atoms with E-state index >= 15 is 0 Å². The summed E-state index contributed by atoms with van der Waals surface area (Å²) >= 11 is 11.8. The number of hydrogen-bond acceptors (Lipinski definition) is 3. The molecule has 108 valence electrons. The molecule has 7 heteroatoms. The average molecular weight is 325 g/mol. The van der Waals surface area contributed by atoms with Crippen molar-refractivity contribution in [3.05, 3.63) is 22.2 Å². The second-order valence-corrected chi connectivity index (χ2v) is 7.31. The summed E-state index contributed by atoms with van der Waals surface area (Å²) in [6.07, 6.45) is 0. The molecular weight excluding hydrogens is 307 g/mol. The van der Waals surface area contributed by atoms with Gasteiger partial charge in [0.25, 0.3) is 0 Å². The van der Waals surface area contributed by atoms with Gasteiger partial charge in [-0.1, -0.05) is 44.0 Å². The van der Waals surface area contributed by atoms with Crippen LogP contribution in [-0.4, -0.2) is 25.8 Å². The molecule has 0 spiro atoms. The Bertz CT molecular complexity index is 559. The van der Waals surface area contributed by atoms with E-state index in [0.717, 1.165) is 0 Å². The number of sulfonamides is 1. The number of anilines is 1. The van der Waals surface area contributed by atoms with Crippen molar-refractivity contribution in [1.82, 2.24) is 4.31 Å². The quantitative estimate of drug-likeness (QED) is 0.845. The Kier molecular flexibility index (Phi) is 5.50. The van der Waals surface area contributed by atoms with Gasteiger partial charge < -0.3 is 5.73 Å². The van der Waals surface area contributed by atoms with Gasteiger partial charge in [-0.15, -0.1) is 0 Å². The number of nitrogens with two attached hydrogens (primary N) is 1. The molecule has 2 N–H and O–H groups in total. The van der Waals surface area contributed by atoms with Gasteiger partial charge in [-0.25, -0.2) is 8.42 Å². The van der Waals surface area contributed by atoms with Crippen molar-refractivity contribution in [2.24, 2.45) is 5.92 Å². The molecule has 1 rings (SSSR count). The molecule has 0 heterocycles. The molecular formula is C12H18Cl2N2O2S. The van der Waals surface area contributed by atoms with Crippen LogP contribution in [0.1, 0.15) is 20.8 Å². The first-order valence-corrected chi connectivity index (χ1v) is 8.15. The second kappa shape index (κ2) is 6.31. The number of hydrogen-bond donors (Lipinski definition) is 1. The van der Waals surface area contributed by atoms with Crippen LogP contribution in [0, 0.1) is 5.92 Å². The molecule has 0 unspecified atom stereocenters. The molecule has 0 saturated carbocycles. The summed E-state index contributed by atoms with van der Waals surface area (Å²) in [5.41, 5.74) is 5.76. The maximum atomic E-state index is 12.5. The Labute approximate surface area is 124 Å². The minimum Gasteiger partial charge on any atom is -0.396 e. The largest absolute Gasteiger partial charge is 0.396 e. The molecule has 1 aromatic carbocycles. The van der Waals surface area contributed by atoms with Crippen LogP contribution in [0.25, 0.3) is 0 Å². The lowest BCUT2D eigenvalue weighted by atomic mass is 10.2. The fourth-order valence-electron chi connectivity index (χ4n) is 1.69.